The predicted molar refractivity (Wildman–Crippen MR) is 270 cm³/mol. The number of carboxylic acid groups (broad SMARTS) is 1. The lowest BCUT2D eigenvalue weighted by Crippen LogP contribution is -2.33. The molecular weight excluding hydrogens is 961 g/mol. The molecule has 3 N–H and O–H groups in total. The van der Waals surface area contributed by atoms with Crippen molar-refractivity contribution in [2.45, 2.75) is 79.9 Å². The van der Waals surface area contributed by atoms with Crippen LogP contribution >= 0.6 is 0 Å². The normalized spacial score (nSPS) is 18.9. The first kappa shape index (κ1) is 59.4. The number of nitrogens with zero attached hydrogens (tertiary/aromatic N) is 2. The van der Waals surface area contributed by atoms with Crippen LogP contribution in [0.2, 0.25) is 0 Å². The zero-order valence-electron chi connectivity index (χ0n) is 41.9. The van der Waals surface area contributed by atoms with Gasteiger partial charge in [0.15, 0.2) is 5.71 Å². The maximum atomic E-state index is 12.4. The number of aliphatic carboxylic acids is 1. The third kappa shape index (κ3) is 18.1. The highest BCUT2D eigenvalue weighted by Crippen LogP contribution is 2.50. The van der Waals surface area contributed by atoms with Crippen LogP contribution in [0.25, 0.3) is 0 Å². The fraction of sp³-hybridized carbons (Fsp3) is 0.569. The van der Waals surface area contributed by atoms with Gasteiger partial charge in [0.1, 0.15) is 6.54 Å². The highest BCUT2D eigenvalue weighted by atomic mass is 32.2. The maximum Gasteiger partial charge on any atom is 0.303 e. The number of anilines is 1. The van der Waals surface area contributed by atoms with Crippen LogP contribution in [0.4, 0.5) is 11.4 Å². The first-order valence-corrected chi connectivity index (χ1v) is 27.0. The standard InChI is InChI=1S/C51H74N2O16S2/c1-6-52-45-20-18-41(70(56,57)58)39-43(45)50(2,22-25-64-31-33-68-37-35-66-29-27-62-4)47(52)15-11-8-7-9-12-16-48-51(3,23-26-65-32-34-69-38-36-67-30-28-63-5)44-40-42(71(59,60)61)19-21-46(44)53(48)24-14-10-13-17-49(54)55/h7-9,11-12,15-16,18-21,39-40H,6,10,13-14,17,22-38H2,1-5H3,(H2-,54,55,56,57,58,59,60,61)/p+1. The molecule has 2 aliphatic heterocycles. The second kappa shape index (κ2) is 30.1. The highest BCUT2D eigenvalue weighted by molar-refractivity contribution is 7.86. The Hall–Kier alpha value is -4.16. The smallest absolute Gasteiger partial charge is 0.303 e. The number of rotatable bonds is 37. The Bertz CT molecular complexity index is 2380. The molecular formula is C51H75N2O16S2+. The lowest BCUT2D eigenvalue weighted by Gasteiger charge is -2.30. The van der Waals surface area contributed by atoms with Crippen LogP contribution in [-0.2, 0) is 73.8 Å². The molecule has 2 unspecified atom stereocenters. The Kier molecular flexibility index (Phi) is 25.2. The molecule has 0 spiro atoms. The van der Waals surface area contributed by atoms with Crippen LogP contribution in [0.5, 0.6) is 0 Å². The summed E-state index contributed by atoms with van der Waals surface area (Å²) in [4.78, 5) is 13.0. The number of allylic oxidation sites excluding steroid dienone is 8. The minimum Gasteiger partial charge on any atom is -0.481 e. The molecule has 0 saturated heterocycles. The zero-order valence-corrected chi connectivity index (χ0v) is 43.6. The first-order chi connectivity index (χ1) is 34.0. The molecule has 2 aliphatic rings. The molecule has 2 heterocycles. The van der Waals surface area contributed by atoms with Crippen molar-refractivity contribution in [2.75, 3.05) is 125 Å². The zero-order chi connectivity index (χ0) is 51.8. The number of ether oxygens (including phenoxy) is 8. The number of carbonyl (C=O) groups is 1. The average Bonchev–Trinajstić information content (AvgIpc) is 3.70. The van der Waals surface area contributed by atoms with E-state index in [2.05, 4.69) is 9.48 Å². The summed E-state index contributed by atoms with van der Waals surface area (Å²) >= 11 is 0. The van der Waals surface area contributed by atoms with E-state index in [0.29, 0.717) is 143 Å². The van der Waals surface area contributed by atoms with Crippen molar-refractivity contribution in [2.24, 2.45) is 0 Å². The Morgan fingerprint density at radius 2 is 1.10 bits per heavy atom. The Morgan fingerprint density at radius 3 is 1.62 bits per heavy atom. The molecule has 4 rings (SSSR count). The number of likely N-dealkylation sites (N-methyl/N-ethyl adjacent to an activating group) is 1. The molecule has 0 bridgehead atoms. The van der Waals surface area contributed by atoms with E-state index in [4.69, 9.17) is 37.9 Å². The van der Waals surface area contributed by atoms with E-state index in [1.54, 1.807) is 26.4 Å². The van der Waals surface area contributed by atoms with E-state index in [1.807, 2.05) is 63.3 Å². The summed E-state index contributed by atoms with van der Waals surface area (Å²) in [6, 6.07) is 9.27. The molecule has 0 amide bonds. The molecule has 2 aromatic carbocycles. The van der Waals surface area contributed by atoms with Gasteiger partial charge in [-0.15, -0.1) is 0 Å². The molecule has 0 radical (unpaired) electrons. The van der Waals surface area contributed by atoms with Crippen molar-refractivity contribution in [1.82, 2.24) is 0 Å². The third-order valence-electron chi connectivity index (χ3n) is 12.4. The maximum absolute atomic E-state index is 12.4. The molecule has 0 aromatic heterocycles. The van der Waals surface area contributed by atoms with Gasteiger partial charge in [-0.2, -0.15) is 21.4 Å². The van der Waals surface area contributed by atoms with Crippen LogP contribution < -0.4 is 4.90 Å². The van der Waals surface area contributed by atoms with Crippen LogP contribution in [0.1, 0.15) is 70.4 Å². The lowest BCUT2D eigenvalue weighted by atomic mass is 9.76. The largest absolute Gasteiger partial charge is 0.481 e. The first-order valence-electron chi connectivity index (χ1n) is 24.1. The van der Waals surface area contributed by atoms with Crippen LogP contribution in [0, 0.1) is 0 Å². The molecule has 0 fully saturated rings. The molecule has 71 heavy (non-hydrogen) atoms. The monoisotopic (exact) mass is 1040 g/mol. The van der Waals surface area contributed by atoms with E-state index in [9.17, 15) is 35.8 Å². The second-order valence-corrected chi connectivity index (χ2v) is 20.1. The van der Waals surface area contributed by atoms with Crippen molar-refractivity contribution >= 4 is 43.3 Å². The van der Waals surface area contributed by atoms with Gasteiger partial charge in [0.2, 0.25) is 5.69 Å². The third-order valence-corrected chi connectivity index (χ3v) is 14.1. The van der Waals surface area contributed by atoms with Crippen molar-refractivity contribution < 1.29 is 78.3 Å². The van der Waals surface area contributed by atoms with Gasteiger partial charge in [-0.1, -0.05) is 30.4 Å². The van der Waals surface area contributed by atoms with Gasteiger partial charge in [-0.3, -0.25) is 13.9 Å². The van der Waals surface area contributed by atoms with Gasteiger partial charge in [0, 0.05) is 81.3 Å². The lowest BCUT2D eigenvalue weighted by molar-refractivity contribution is -0.438. The van der Waals surface area contributed by atoms with E-state index in [0.717, 1.165) is 28.3 Å². The van der Waals surface area contributed by atoms with E-state index in [-0.39, 0.29) is 16.2 Å². The summed E-state index contributed by atoms with van der Waals surface area (Å²) in [6.45, 7) is 13.0. The highest BCUT2D eigenvalue weighted by Gasteiger charge is 2.48. The van der Waals surface area contributed by atoms with Crippen LogP contribution in [0.15, 0.2) is 94.4 Å². The van der Waals surface area contributed by atoms with Gasteiger partial charge in [-0.25, -0.2) is 0 Å². The number of hydrogen-bond donors (Lipinski definition) is 3. The Morgan fingerprint density at radius 1 is 0.620 bits per heavy atom. The average molecular weight is 1040 g/mol. The summed E-state index contributed by atoms with van der Waals surface area (Å²) in [7, 11) is -5.76. The minimum atomic E-state index is -4.52. The molecule has 0 saturated carbocycles. The fourth-order valence-electron chi connectivity index (χ4n) is 8.62. The Labute approximate surface area is 420 Å². The molecule has 20 heteroatoms. The van der Waals surface area contributed by atoms with E-state index < -0.39 is 37.0 Å². The molecule has 2 atom stereocenters. The van der Waals surface area contributed by atoms with Gasteiger partial charge in [0.05, 0.1) is 94.5 Å². The Balaban J connectivity index is 1.56. The van der Waals surface area contributed by atoms with Crippen molar-refractivity contribution in [1.29, 1.82) is 0 Å². The molecule has 2 aromatic rings. The summed E-state index contributed by atoms with van der Waals surface area (Å²) in [6.07, 6.45) is 16.4. The van der Waals surface area contributed by atoms with Gasteiger partial charge >= 0.3 is 5.97 Å². The summed E-state index contributed by atoms with van der Waals surface area (Å²) in [5, 5.41) is 9.22. The van der Waals surface area contributed by atoms with Crippen LogP contribution in [-0.4, -0.2) is 167 Å². The predicted octanol–water partition coefficient (Wildman–Crippen LogP) is 6.70. The second-order valence-electron chi connectivity index (χ2n) is 17.3. The van der Waals surface area contributed by atoms with Gasteiger partial charge < -0.3 is 47.9 Å². The topological polar surface area (TPSA) is 226 Å². The van der Waals surface area contributed by atoms with E-state index >= 15 is 0 Å². The van der Waals surface area contributed by atoms with E-state index in [1.165, 1.54) is 24.3 Å². The summed E-state index contributed by atoms with van der Waals surface area (Å²) < 4.78 is 116. The molecule has 18 nitrogen and oxygen atoms in total. The number of carboxylic acids is 1. The summed E-state index contributed by atoms with van der Waals surface area (Å²) in [5.41, 5.74) is 3.46. The van der Waals surface area contributed by atoms with Crippen molar-refractivity contribution in [3.05, 3.63) is 95.8 Å². The van der Waals surface area contributed by atoms with Crippen LogP contribution in [0.3, 0.4) is 0 Å². The number of hydrogen-bond acceptors (Lipinski definition) is 14. The summed E-state index contributed by atoms with van der Waals surface area (Å²) in [5.74, 6) is -0.853. The van der Waals surface area contributed by atoms with Gasteiger partial charge in [-0.05, 0) is 88.4 Å². The number of fused-ring (bicyclic) bond motifs is 2. The molecule has 0 aliphatic carbocycles. The number of benzene rings is 2. The van der Waals surface area contributed by atoms with Gasteiger partial charge in [0.25, 0.3) is 20.2 Å². The quantitative estimate of drug-likeness (QED) is 0.0277. The fourth-order valence-corrected chi connectivity index (χ4v) is 9.64. The minimum absolute atomic E-state index is 0.0643. The number of methoxy groups -OCH3 is 2. The molecule has 396 valence electrons. The SMILES string of the molecule is CCN1/C(=C/C=C/C=C/C=C/C2=[N+](CCCCCC(=O)O)c3ccc(S(=O)(=O)O)cc3C2(C)CCOCCOCCOCCOC)C(C)(CCOCCOCCOCCOC)c2cc(S(=O)(=O)O)ccc21. The van der Waals surface area contributed by atoms with Crippen molar-refractivity contribution in [3.8, 4) is 0 Å². The van der Waals surface area contributed by atoms with Crippen molar-refractivity contribution in [3.63, 3.8) is 0 Å². The number of unbranched alkanes of at least 4 members (excludes halogenated alkanes) is 2.